The van der Waals surface area contributed by atoms with Gasteiger partial charge >= 0.3 is 0 Å². The molecule has 6 heteroatoms. The maximum atomic E-state index is 13.3. The Morgan fingerprint density at radius 1 is 1.09 bits per heavy atom. The first-order valence-electron chi connectivity index (χ1n) is 11.9. The molecule has 4 aliphatic rings. The van der Waals surface area contributed by atoms with E-state index in [1.54, 1.807) is 10.9 Å². The average Bonchev–Trinajstić information content (AvgIpc) is 3.21. The third-order valence-electron chi connectivity index (χ3n) is 8.06. The summed E-state index contributed by atoms with van der Waals surface area (Å²) in [6.07, 6.45) is 8.49. The summed E-state index contributed by atoms with van der Waals surface area (Å²) in [7, 11) is 0. The fourth-order valence-electron chi connectivity index (χ4n) is 6.71. The fraction of sp³-hybridized carbons (Fsp3) is 0.500. The van der Waals surface area contributed by atoms with E-state index in [1.807, 2.05) is 17.5 Å². The first-order chi connectivity index (χ1) is 15.5. The molecule has 5 nitrogen and oxygen atoms in total. The fourth-order valence-corrected chi connectivity index (χ4v) is 7.62. The summed E-state index contributed by atoms with van der Waals surface area (Å²) in [4.78, 5) is 31.3. The number of rotatable bonds is 5. The van der Waals surface area contributed by atoms with E-state index in [1.165, 1.54) is 49.0 Å². The number of aromatic nitrogens is 2. The van der Waals surface area contributed by atoms with Gasteiger partial charge in [0, 0.05) is 30.0 Å². The lowest BCUT2D eigenvalue weighted by molar-refractivity contribution is -0.125. The van der Waals surface area contributed by atoms with Crippen molar-refractivity contribution in [1.29, 1.82) is 0 Å². The summed E-state index contributed by atoms with van der Waals surface area (Å²) in [6, 6.07) is 8.56. The van der Waals surface area contributed by atoms with Crippen molar-refractivity contribution < 1.29 is 4.79 Å². The molecule has 1 amide bonds. The van der Waals surface area contributed by atoms with E-state index in [-0.39, 0.29) is 11.5 Å². The minimum Gasteiger partial charge on any atom is -0.353 e. The van der Waals surface area contributed by atoms with Crippen molar-refractivity contribution in [2.75, 3.05) is 0 Å². The highest BCUT2D eigenvalue weighted by molar-refractivity contribution is 7.17. The molecule has 32 heavy (non-hydrogen) atoms. The van der Waals surface area contributed by atoms with Crippen LogP contribution in [-0.4, -0.2) is 21.5 Å². The molecule has 0 unspecified atom stereocenters. The largest absolute Gasteiger partial charge is 0.353 e. The highest BCUT2D eigenvalue weighted by Crippen LogP contribution is 2.53. The Hall–Kier alpha value is -2.47. The Morgan fingerprint density at radius 3 is 2.47 bits per heavy atom. The van der Waals surface area contributed by atoms with Gasteiger partial charge in [-0.1, -0.05) is 29.8 Å². The van der Waals surface area contributed by atoms with Crippen LogP contribution >= 0.6 is 11.3 Å². The molecule has 4 saturated carbocycles. The van der Waals surface area contributed by atoms with Crippen LogP contribution in [0.4, 0.5) is 0 Å². The second kappa shape index (κ2) is 7.84. The van der Waals surface area contributed by atoms with Crippen LogP contribution in [0.15, 0.2) is 40.8 Å². The van der Waals surface area contributed by atoms with Crippen molar-refractivity contribution in [3.63, 3.8) is 0 Å². The summed E-state index contributed by atoms with van der Waals surface area (Å²) >= 11 is 1.49. The summed E-state index contributed by atoms with van der Waals surface area (Å²) < 4.78 is 1.60. The zero-order chi connectivity index (χ0) is 21.8. The zero-order valence-electron chi connectivity index (χ0n) is 18.4. The number of nitrogens with zero attached hydrogens (tertiary/aromatic N) is 2. The van der Waals surface area contributed by atoms with Crippen molar-refractivity contribution in [1.82, 2.24) is 14.9 Å². The van der Waals surface area contributed by atoms with Crippen LogP contribution < -0.4 is 10.9 Å². The molecule has 7 rings (SSSR count). The van der Waals surface area contributed by atoms with Gasteiger partial charge in [-0.25, -0.2) is 4.98 Å². The highest BCUT2D eigenvalue weighted by atomic mass is 32.1. The molecule has 1 N–H and O–H groups in total. The molecule has 166 valence electrons. The molecule has 0 spiro atoms. The van der Waals surface area contributed by atoms with Crippen LogP contribution in [0.25, 0.3) is 21.3 Å². The van der Waals surface area contributed by atoms with E-state index in [4.69, 9.17) is 0 Å². The van der Waals surface area contributed by atoms with Crippen LogP contribution in [-0.2, 0) is 11.3 Å². The number of amides is 1. The molecule has 4 bridgehead atoms. The molecule has 0 saturated heterocycles. The number of nitrogens with one attached hydrogen (secondary N) is 1. The minimum atomic E-state index is -0.0609. The van der Waals surface area contributed by atoms with Crippen molar-refractivity contribution in [2.45, 2.75) is 58.0 Å². The minimum absolute atomic E-state index is 0.0609. The van der Waals surface area contributed by atoms with Crippen LogP contribution in [0.3, 0.4) is 0 Å². The third kappa shape index (κ3) is 3.49. The molecular formula is C26H29N3O2S. The molecule has 3 aromatic rings. The van der Waals surface area contributed by atoms with Gasteiger partial charge in [0.15, 0.2) is 0 Å². The number of aryl methyl sites for hydroxylation is 2. The van der Waals surface area contributed by atoms with E-state index in [0.29, 0.717) is 36.2 Å². The lowest BCUT2D eigenvalue weighted by Gasteiger charge is -2.54. The van der Waals surface area contributed by atoms with E-state index in [9.17, 15) is 9.59 Å². The molecule has 0 atom stereocenters. The van der Waals surface area contributed by atoms with Crippen LogP contribution in [0.1, 0.15) is 44.1 Å². The van der Waals surface area contributed by atoms with Gasteiger partial charge in [-0.3, -0.25) is 14.2 Å². The van der Waals surface area contributed by atoms with Gasteiger partial charge in [0.1, 0.15) is 4.83 Å². The monoisotopic (exact) mass is 447 g/mol. The number of carbonyl (C=O) groups is 1. The molecule has 4 aliphatic carbocycles. The first-order valence-corrected chi connectivity index (χ1v) is 12.8. The first kappa shape index (κ1) is 20.2. The number of carbonyl (C=O) groups excluding carboxylic acids is 1. The van der Waals surface area contributed by atoms with Gasteiger partial charge in [-0.15, -0.1) is 11.3 Å². The summed E-state index contributed by atoms with van der Waals surface area (Å²) in [6.45, 7) is 2.42. The van der Waals surface area contributed by atoms with Gasteiger partial charge in [0.2, 0.25) is 5.91 Å². The Labute approximate surface area is 191 Å². The molecule has 1 aromatic carbocycles. The number of benzene rings is 1. The number of fused-ring (bicyclic) bond motifs is 1. The number of hydrogen-bond donors (Lipinski definition) is 1. The number of hydrogen-bond acceptors (Lipinski definition) is 4. The molecule has 0 aliphatic heterocycles. The summed E-state index contributed by atoms with van der Waals surface area (Å²) in [5.41, 5.74) is 3.08. The maximum Gasteiger partial charge on any atom is 0.262 e. The van der Waals surface area contributed by atoms with E-state index < -0.39 is 0 Å². The standard InChI is InChI=1S/C26H29N3O2S/c1-15-2-4-18(5-3-15)21-13-32-25-23(21)26(31)29(14-27-25)7-6-22(30)28-24-19-9-16-8-17(11-19)12-20(24)10-16/h2-5,13-14,16-17,19-20,24H,6-12H2,1H3,(H,28,30). The van der Waals surface area contributed by atoms with Gasteiger partial charge in [-0.2, -0.15) is 0 Å². The van der Waals surface area contributed by atoms with E-state index >= 15 is 0 Å². The lowest BCUT2D eigenvalue weighted by atomic mass is 9.54. The molecule has 2 heterocycles. The smallest absolute Gasteiger partial charge is 0.262 e. The second-order valence-corrected chi connectivity index (χ2v) is 11.1. The third-order valence-corrected chi connectivity index (χ3v) is 8.94. The van der Waals surface area contributed by atoms with Crippen LogP contribution in [0, 0.1) is 30.6 Å². The predicted molar refractivity (Wildman–Crippen MR) is 128 cm³/mol. The normalized spacial score (nSPS) is 28.3. The maximum absolute atomic E-state index is 13.3. The molecule has 0 radical (unpaired) electrons. The van der Waals surface area contributed by atoms with Crippen molar-refractivity contribution in [3.8, 4) is 11.1 Å². The highest BCUT2D eigenvalue weighted by Gasteiger charge is 2.48. The van der Waals surface area contributed by atoms with E-state index in [2.05, 4.69) is 29.4 Å². The van der Waals surface area contributed by atoms with Crippen molar-refractivity contribution >= 4 is 27.5 Å². The van der Waals surface area contributed by atoms with Crippen molar-refractivity contribution in [3.05, 3.63) is 51.9 Å². The van der Waals surface area contributed by atoms with Gasteiger partial charge in [-0.05, 0) is 68.3 Å². The second-order valence-electron chi connectivity index (χ2n) is 10.2. The van der Waals surface area contributed by atoms with Gasteiger partial charge in [0.05, 0.1) is 11.7 Å². The average molecular weight is 448 g/mol. The van der Waals surface area contributed by atoms with Crippen LogP contribution in [0.2, 0.25) is 0 Å². The zero-order valence-corrected chi connectivity index (χ0v) is 19.2. The van der Waals surface area contributed by atoms with Gasteiger partial charge < -0.3 is 5.32 Å². The topological polar surface area (TPSA) is 64.0 Å². The Morgan fingerprint density at radius 2 is 1.78 bits per heavy atom. The van der Waals surface area contributed by atoms with Gasteiger partial charge in [0.25, 0.3) is 5.56 Å². The lowest BCUT2D eigenvalue weighted by Crippen LogP contribution is -2.55. The van der Waals surface area contributed by atoms with E-state index in [0.717, 1.165) is 27.8 Å². The Bertz CT molecular complexity index is 1200. The molecule has 4 fully saturated rings. The van der Waals surface area contributed by atoms with Crippen LogP contribution in [0.5, 0.6) is 0 Å². The summed E-state index contributed by atoms with van der Waals surface area (Å²) in [5, 5.41) is 6.02. The molecule has 2 aromatic heterocycles. The Kier molecular flexibility index (Phi) is 4.94. The summed E-state index contributed by atoms with van der Waals surface area (Å²) in [5.74, 6) is 3.20. The number of thiophene rings is 1. The Balaban J connectivity index is 1.18. The predicted octanol–water partition coefficient (Wildman–Crippen LogP) is 4.76. The SMILES string of the molecule is Cc1ccc(-c2csc3ncn(CCC(=O)NC4C5CC6CC(C5)CC4C6)c(=O)c23)cc1. The van der Waals surface area contributed by atoms with Crippen molar-refractivity contribution in [2.24, 2.45) is 23.7 Å². The molecular weight excluding hydrogens is 418 g/mol. The quantitative estimate of drug-likeness (QED) is 0.613.